The predicted molar refractivity (Wildman–Crippen MR) is 85.7 cm³/mol. The van der Waals surface area contributed by atoms with E-state index in [1.54, 1.807) is 23.9 Å². The number of urea groups is 1. The molecule has 0 aliphatic carbocycles. The molecule has 5 nitrogen and oxygen atoms in total. The summed E-state index contributed by atoms with van der Waals surface area (Å²) in [5.74, 6) is -0.209. The van der Waals surface area contributed by atoms with Gasteiger partial charge in [0.25, 0.3) is 0 Å². The second-order valence-electron chi connectivity index (χ2n) is 4.16. The van der Waals surface area contributed by atoms with Gasteiger partial charge in [0.15, 0.2) is 0 Å². The van der Waals surface area contributed by atoms with Crippen molar-refractivity contribution in [3.05, 3.63) is 28.2 Å². The highest BCUT2D eigenvalue weighted by molar-refractivity contribution is 9.10. The molecule has 0 saturated heterocycles. The Morgan fingerprint density at radius 2 is 2.15 bits per heavy atom. The Morgan fingerprint density at radius 3 is 2.70 bits per heavy atom. The van der Waals surface area contributed by atoms with Gasteiger partial charge in [-0.1, -0.05) is 6.92 Å². The number of halogens is 1. The Bertz CT molecular complexity index is 497. The fourth-order valence-electron chi connectivity index (χ4n) is 1.58. The number of aromatic carboxylic acids is 1. The van der Waals surface area contributed by atoms with Crippen LogP contribution in [0.25, 0.3) is 0 Å². The van der Waals surface area contributed by atoms with Gasteiger partial charge in [-0.3, -0.25) is 0 Å². The van der Waals surface area contributed by atoms with Crippen molar-refractivity contribution in [2.24, 2.45) is 0 Å². The molecule has 0 saturated carbocycles. The Labute approximate surface area is 130 Å². The van der Waals surface area contributed by atoms with E-state index in [0.29, 0.717) is 10.2 Å². The average molecular weight is 361 g/mol. The van der Waals surface area contributed by atoms with E-state index in [4.69, 9.17) is 5.11 Å². The molecule has 0 heterocycles. The molecule has 1 rings (SSSR count). The Hall–Kier alpha value is -1.21. The van der Waals surface area contributed by atoms with Crippen LogP contribution in [0.4, 0.5) is 10.5 Å². The molecular formula is C13H17BrN2O3S. The predicted octanol–water partition coefficient (Wildman–Crippen LogP) is 3.41. The Balaban J connectivity index is 2.71. The smallest absolute Gasteiger partial charge is 0.336 e. The third-order valence-corrected chi connectivity index (χ3v) is 4.08. The van der Waals surface area contributed by atoms with E-state index in [0.717, 1.165) is 12.2 Å². The number of hydrogen-bond acceptors (Lipinski definition) is 3. The zero-order valence-electron chi connectivity index (χ0n) is 11.3. The summed E-state index contributed by atoms with van der Waals surface area (Å²) in [6.45, 7) is 2.00. The number of benzene rings is 1. The van der Waals surface area contributed by atoms with E-state index in [9.17, 15) is 9.59 Å². The summed E-state index contributed by atoms with van der Waals surface area (Å²) in [5, 5.41) is 14.5. The average Bonchev–Trinajstić information content (AvgIpc) is 2.40. The highest BCUT2D eigenvalue weighted by atomic mass is 79.9. The van der Waals surface area contributed by atoms with Crippen LogP contribution in [0, 0.1) is 0 Å². The fourth-order valence-corrected chi connectivity index (χ4v) is 2.72. The fraction of sp³-hybridized carbons (Fsp3) is 0.385. The summed E-state index contributed by atoms with van der Waals surface area (Å²) in [5.41, 5.74) is 0.557. The van der Waals surface area contributed by atoms with Crippen molar-refractivity contribution in [2.75, 3.05) is 17.3 Å². The lowest BCUT2D eigenvalue weighted by Gasteiger charge is -2.16. The van der Waals surface area contributed by atoms with Gasteiger partial charge in [0.1, 0.15) is 0 Å². The van der Waals surface area contributed by atoms with E-state index in [-0.39, 0.29) is 17.6 Å². The van der Waals surface area contributed by atoms with Crippen LogP contribution in [0.3, 0.4) is 0 Å². The van der Waals surface area contributed by atoms with Crippen LogP contribution in [0.5, 0.6) is 0 Å². The molecule has 1 aromatic carbocycles. The molecule has 3 N–H and O–H groups in total. The van der Waals surface area contributed by atoms with Gasteiger partial charge in [-0.05, 0) is 46.8 Å². The first-order valence-corrected chi connectivity index (χ1v) is 8.25. The number of rotatable bonds is 6. The minimum absolute atomic E-state index is 0.0967. The van der Waals surface area contributed by atoms with Gasteiger partial charge in [0.05, 0.1) is 5.56 Å². The lowest BCUT2D eigenvalue weighted by molar-refractivity contribution is 0.0696. The molecule has 110 valence electrons. The number of thioether (sulfide) groups is 1. The maximum atomic E-state index is 11.8. The van der Waals surface area contributed by atoms with Gasteiger partial charge in [0, 0.05) is 22.0 Å². The van der Waals surface area contributed by atoms with Crippen LogP contribution in [0.15, 0.2) is 22.7 Å². The lowest BCUT2D eigenvalue weighted by Crippen LogP contribution is -2.39. The topological polar surface area (TPSA) is 78.4 Å². The lowest BCUT2D eigenvalue weighted by atomic mass is 10.2. The van der Waals surface area contributed by atoms with Crippen molar-refractivity contribution in [2.45, 2.75) is 19.4 Å². The first-order valence-electron chi connectivity index (χ1n) is 6.07. The molecule has 1 atom stereocenters. The summed E-state index contributed by atoms with van der Waals surface area (Å²) in [4.78, 5) is 22.8. The molecule has 0 aliphatic rings. The minimum atomic E-state index is -1.05. The highest BCUT2D eigenvalue weighted by Gasteiger charge is 2.12. The molecular weight excluding hydrogens is 344 g/mol. The van der Waals surface area contributed by atoms with Crippen LogP contribution in [0.1, 0.15) is 23.7 Å². The maximum absolute atomic E-state index is 11.8. The number of nitrogens with one attached hydrogen (secondary N) is 2. The Morgan fingerprint density at radius 1 is 1.45 bits per heavy atom. The minimum Gasteiger partial charge on any atom is -0.478 e. The van der Waals surface area contributed by atoms with E-state index < -0.39 is 5.97 Å². The molecule has 0 aromatic heterocycles. The van der Waals surface area contributed by atoms with Crippen molar-refractivity contribution in [1.82, 2.24) is 5.32 Å². The van der Waals surface area contributed by atoms with E-state index in [2.05, 4.69) is 26.6 Å². The van der Waals surface area contributed by atoms with Crippen molar-refractivity contribution in [3.8, 4) is 0 Å². The van der Waals surface area contributed by atoms with Crippen LogP contribution in [0.2, 0.25) is 0 Å². The van der Waals surface area contributed by atoms with Gasteiger partial charge >= 0.3 is 12.0 Å². The summed E-state index contributed by atoms with van der Waals surface area (Å²) in [6.07, 6.45) is 2.82. The summed E-state index contributed by atoms with van der Waals surface area (Å²) >= 11 is 4.82. The van der Waals surface area contributed by atoms with E-state index in [1.165, 1.54) is 6.07 Å². The molecule has 1 unspecified atom stereocenters. The van der Waals surface area contributed by atoms with Gasteiger partial charge in [-0.25, -0.2) is 9.59 Å². The molecule has 0 radical (unpaired) electrons. The van der Waals surface area contributed by atoms with Gasteiger partial charge in [-0.15, -0.1) is 0 Å². The number of anilines is 1. The number of carboxylic acid groups (broad SMARTS) is 1. The first kappa shape index (κ1) is 16.8. The van der Waals surface area contributed by atoms with E-state index in [1.807, 2.05) is 13.2 Å². The summed E-state index contributed by atoms with van der Waals surface area (Å²) in [6, 6.07) is 4.43. The molecule has 0 fully saturated rings. The zero-order chi connectivity index (χ0) is 15.1. The standard InChI is InChI=1S/C13H17BrN2O3S/c1-3-8(7-20-2)15-13(19)16-9-4-5-11(14)10(6-9)12(17)18/h4-6,8H,3,7H2,1-2H3,(H,17,18)(H2,15,16,19). The molecule has 7 heteroatoms. The van der Waals surface area contributed by atoms with Crippen molar-refractivity contribution < 1.29 is 14.7 Å². The SMILES string of the molecule is CCC(CSC)NC(=O)Nc1ccc(Br)c(C(=O)O)c1. The summed E-state index contributed by atoms with van der Waals surface area (Å²) in [7, 11) is 0. The number of carboxylic acids is 1. The number of carbonyl (C=O) groups is 2. The normalized spacial score (nSPS) is 11.8. The van der Waals surface area contributed by atoms with Gasteiger partial charge in [-0.2, -0.15) is 11.8 Å². The molecule has 20 heavy (non-hydrogen) atoms. The van der Waals surface area contributed by atoms with Crippen molar-refractivity contribution >= 4 is 45.4 Å². The summed E-state index contributed by atoms with van der Waals surface area (Å²) < 4.78 is 0.477. The number of amides is 2. The molecule has 0 aliphatic heterocycles. The molecule has 0 spiro atoms. The molecule has 1 aromatic rings. The largest absolute Gasteiger partial charge is 0.478 e. The quantitative estimate of drug-likeness (QED) is 0.726. The number of hydrogen-bond donors (Lipinski definition) is 3. The van der Waals surface area contributed by atoms with Crippen molar-refractivity contribution in [3.63, 3.8) is 0 Å². The second kappa shape index (κ2) is 8.16. The van der Waals surface area contributed by atoms with Gasteiger partial charge in [0.2, 0.25) is 0 Å². The van der Waals surface area contributed by atoms with Crippen LogP contribution in [-0.4, -0.2) is 35.2 Å². The second-order valence-corrected chi connectivity index (χ2v) is 5.92. The Kier molecular flexibility index (Phi) is 6.87. The first-order chi connectivity index (χ1) is 9.47. The zero-order valence-corrected chi connectivity index (χ0v) is 13.7. The van der Waals surface area contributed by atoms with E-state index >= 15 is 0 Å². The van der Waals surface area contributed by atoms with Crippen molar-refractivity contribution in [1.29, 1.82) is 0 Å². The molecule has 2 amide bonds. The third kappa shape index (κ3) is 5.05. The van der Waals surface area contributed by atoms with Gasteiger partial charge < -0.3 is 15.7 Å². The molecule has 0 bridgehead atoms. The third-order valence-electron chi connectivity index (χ3n) is 2.65. The highest BCUT2D eigenvalue weighted by Crippen LogP contribution is 2.21. The van der Waals surface area contributed by atoms with Crippen LogP contribution < -0.4 is 10.6 Å². The maximum Gasteiger partial charge on any atom is 0.336 e. The monoisotopic (exact) mass is 360 g/mol. The van der Waals surface area contributed by atoms with Crippen LogP contribution >= 0.6 is 27.7 Å². The van der Waals surface area contributed by atoms with Crippen LogP contribution in [-0.2, 0) is 0 Å². The number of carbonyl (C=O) groups excluding carboxylic acids is 1.